The zero-order valence-corrected chi connectivity index (χ0v) is 11.3. The molecular formula is C13H28N2O. The standard InChI is InChI=1S/C13H28N2O/c1-5-7-15-8-6-13(10-15)9-14-11(2)12(3)16-4/h11-14H,5-10H2,1-4H3. The van der Waals surface area contributed by atoms with Crippen molar-refractivity contribution >= 4 is 0 Å². The molecule has 3 heteroatoms. The van der Waals surface area contributed by atoms with Crippen LogP contribution in [0.2, 0.25) is 0 Å². The zero-order chi connectivity index (χ0) is 12.0. The molecule has 1 saturated heterocycles. The molecule has 0 radical (unpaired) electrons. The Morgan fingerprint density at radius 1 is 1.44 bits per heavy atom. The van der Waals surface area contributed by atoms with Crippen molar-refractivity contribution in [3.8, 4) is 0 Å². The molecule has 0 saturated carbocycles. The number of rotatable bonds is 7. The Bertz CT molecular complexity index is 187. The third-order valence-corrected chi connectivity index (χ3v) is 3.71. The molecule has 3 atom stereocenters. The van der Waals surface area contributed by atoms with E-state index >= 15 is 0 Å². The van der Waals surface area contributed by atoms with E-state index in [4.69, 9.17) is 4.74 Å². The topological polar surface area (TPSA) is 24.5 Å². The molecule has 0 aliphatic carbocycles. The van der Waals surface area contributed by atoms with Gasteiger partial charge in [0.05, 0.1) is 6.10 Å². The number of nitrogens with zero attached hydrogens (tertiary/aromatic N) is 1. The minimum atomic E-state index is 0.299. The largest absolute Gasteiger partial charge is 0.380 e. The average molecular weight is 228 g/mol. The molecule has 0 amide bonds. The van der Waals surface area contributed by atoms with Crippen molar-refractivity contribution in [1.29, 1.82) is 0 Å². The molecule has 1 heterocycles. The van der Waals surface area contributed by atoms with Crippen molar-refractivity contribution in [3.63, 3.8) is 0 Å². The minimum Gasteiger partial charge on any atom is -0.380 e. The Balaban J connectivity index is 2.14. The van der Waals surface area contributed by atoms with E-state index in [0.29, 0.717) is 12.1 Å². The van der Waals surface area contributed by atoms with Gasteiger partial charge >= 0.3 is 0 Å². The predicted molar refractivity (Wildman–Crippen MR) is 68.8 cm³/mol. The van der Waals surface area contributed by atoms with Gasteiger partial charge in [0.15, 0.2) is 0 Å². The molecule has 3 unspecified atom stereocenters. The van der Waals surface area contributed by atoms with Crippen LogP contribution in [-0.4, -0.2) is 50.3 Å². The summed E-state index contributed by atoms with van der Waals surface area (Å²) in [5, 5.41) is 3.59. The van der Waals surface area contributed by atoms with Gasteiger partial charge in [-0.05, 0) is 52.2 Å². The van der Waals surface area contributed by atoms with E-state index in [1.54, 1.807) is 7.11 Å². The van der Waals surface area contributed by atoms with Gasteiger partial charge in [-0.25, -0.2) is 0 Å². The van der Waals surface area contributed by atoms with E-state index in [2.05, 4.69) is 31.0 Å². The second kappa shape index (κ2) is 7.25. The van der Waals surface area contributed by atoms with E-state index in [1.165, 1.54) is 32.5 Å². The van der Waals surface area contributed by atoms with Crippen LogP contribution >= 0.6 is 0 Å². The fourth-order valence-corrected chi connectivity index (χ4v) is 2.32. The van der Waals surface area contributed by atoms with Gasteiger partial charge in [-0.15, -0.1) is 0 Å². The Labute approximate surface area is 101 Å². The number of nitrogens with one attached hydrogen (secondary N) is 1. The van der Waals surface area contributed by atoms with Crippen LogP contribution in [0.4, 0.5) is 0 Å². The van der Waals surface area contributed by atoms with Gasteiger partial charge < -0.3 is 15.0 Å². The first-order chi connectivity index (χ1) is 7.67. The Hall–Kier alpha value is -0.120. The highest BCUT2D eigenvalue weighted by Crippen LogP contribution is 2.15. The highest BCUT2D eigenvalue weighted by molar-refractivity contribution is 4.79. The first kappa shape index (κ1) is 13.9. The lowest BCUT2D eigenvalue weighted by Gasteiger charge is -2.22. The fraction of sp³-hybridized carbons (Fsp3) is 1.00. The van der Waals surface area contributed by atoms with E-state index in [1.807, 2.05) is 0 Å². The molecule has 0 aromatic heterocycles. The summed E-state index contributed by atoms with van der Waals surface area (Å²) in [6.07, 6.45) is 2.92. The predicted octanol–water partition coefficient (Wildman–Crippen LogP) is 1.73. The maximum Gasteiger partial charge on any atom is 0.0693 e. The lowest BCUT2D eigenvalue weighted by Crippen LogP contribution is -2.39. The van der Waals surface area contributed by atoms with Crippen LogP contribution < -0.4 is 5.32 Å². The summed E-state index contributed by atoms with van der Waals surface area (Å²) in [4.78, 5) is 2.58. The number of methoxy groups -OCH3 is 1. The summed E-state index contributed by atoms with van der Waals surface area (Å²) >= 11 is 0. The monoisotopic (exact) mass is 228 g/mol. The van der Waals surface area contributed by atoms with Crippen LogP contribution in [0.25, 0.3) is 0 Å². The van der Waals surface area contributed by atoms with Crippen molar-refractivity contribution in [2.45, 2.75) is 45.8 Å². The lowest BCUT2D eigenvalue weighted by atomic mass is 10.1. The molecule has 1 fully saturated rings. The highest BCUT2D eigenvalue weighted by atomic mass is 16.5. The van der Waals surface area contributed by atoms with Gasteiger partial charge in [0.1, 0.15) is 0 Å². The van der Waals surface area contributed by atoms with E-state index in [-0.39, 0.29) is 0 Å². The van der Waals surface area contributed by atoms with Crippen LogP contribution in [0.5, 0.6) is 0 Å². The van der Waals surface area contributed by atoms with Crippen LogP contribution in [0.15, 0.2) is 0 Å². The average Bonchev–Trinajstić information content (AvgIpc) is 2.73. The van der Waals surface area contributed by atoms with Crippen molar-refractivity contribution in [2.75, 3.05) is 33.3 Å². The molecule has 16 heavy (non-hydrogen) atoms. The van der Waals surface area contributed by atoms with Crippen molar-refractivity contribution in [1.82, 2.24) is 10.2 Å². The van der Waals surface area contributed by atoms with Gasteiger partial charge in [0.2, 0.25) is 0 Å². The molecule has 1 aliphatic heterocycles. The van der Waals surface area contributed by atoms with Crippen molar-refractivity contribution in [3.05, 3.63) is 0 Å². The number of ether oxygens (including phenoxy) is 1. The van der Waals surface area contributed by atoms with Gasteiger partial charge in [0.25, 0.3) is 0 Å². The molecule has 0 aromatic rings. The summed E-state index contributed by atoms with van der Waals surface area (Å²) in [6, 6.07) is 0.449. The first-order valence-corrected chi connectivity index (χ1v) is 6.65. The Morgan fingerprint density at radius 2 is 2.19 bits per heavy atom. The Kier molecular flexibility index (Phi) is 6.32. The molecule has 0 aromatic carbocycles. The van der Waals surface area contributed by atoms with Crippen LogP contribution in [0.3, 0.4) is 0 Å². The summed E-state index contributed by atoms with van der Waals surface area (Å²) < 4.78 is 5.31. The summed E-state index contributed by atoms with van der Waals surface area (Å²) in [5.41, 5.74) is 0. The van der Waals surface area contributed by atoms with Crippen molar-refractivity contribution in [2.24, 2.45) is 5.92 Å². The second-order valence-electron chi connectivity index (χ2n) is 5.09. The smallest absolute Gasteiger partial charge is 0.0693 e. The maximum atomic E-state index is 5.31. The van der Waals surface area contributed by atoms with E-state index in [9.17, 15) is 0 Å². The van der Waals surface area contributed by atoms with E-state index in [0.717, 1.165) is 12.5 Å². The van der Waals surface area contributed by atoms with Gasteiger partial charge in [0, 0.05) is 19.7 Å². The highest BCUT2D eigenvalue weighted by Gasteiger charge is 2.22. The van der Waals surface area contributed by atoms with Crippen LogP contribution in [0.1, 0.15) is 33.6 Å². The molecule has 1 rings (SSSR count). The quantitative estimate of drug-likeness (QED) is 0.718. The molecule has 1 N–H and O–H groups in total. The number of likely N-dealkylation sites (tertiary alicyclic amines) is 1. The van der Waals surface area contributed by atoms with Crippen LogP contribution in [0, 0.1) is 5.92 Å². The second-order valence-corrected chi connectivity index (χ2v) is 5.09. The molecule has 0 spiro atoms. The third-order valence-electron chi connectivity index (χ3n) is 3.71. The molecular weight excluding hydrogens is 200 g/mol. The van der Waals surface area contributed by atoms with E-state index < -0.39 is 0 Å². The summed E-state index contributed by atoms with van der Waals surface area (Å²) in [6.45, 7) is 11.5. The summed E-state index contributed by atoms with van der Waals surface area (Å²) in [7, 11) is 1.78. The molecule has 3 nitrogen and oxygen atoms in total. The lowest BCUT2D eigenvalue weighted by molar-refractivity contribution is 0.0873. The maximum absolute atomic E-state index is 5.31. The van der Waals surface area contributed by atoms with Crippen LogP contribution in [-0.2, 0) is 4.74 Å². The number of hydrogen-bond donors (Lipinski definition) is 1. The fourth-order valence-electron chi connectivity index (χ4n) is 2.32. The molecule has 0 bridgehead atoms. The molecule has 96 valence electrons. The molecule has 1 aliphatic rings. The Morgan fingerprint density at radius 3 is 2.81 bits per heavy atom. The minimum absolute atomic E-state index is 0.299. The zero-order valence-electron chi connectivity index (χ0n) is 11.3. The normalized spacial score (nSPS) is 25.9. The van der Waals surface area contributed by atoms with Gasteiger partial charge in [-0.1, -0.05) is 6.92 Å². The van der Waals surface area contributed by atoms with Crippen molar-refractivity contribution < 1.29 is 4.74 Å². The number of hydrogen-bond acceptors (Lipinski definition) is 3. The SMILES string of the molecule is CCCN1CCC(CNC(C)C(C)OC)C1. The third kappa shape index (κ3) is 4.40. The summed E-state index contributed by atoms with van der Waals surface area (Å²) in [5.74, 6) is 0.832. The van der Waals surface area contributed by atoms with Gasteiger partial charge in [-0.2, -0.15) is 0 Å². The van der Waals surface area contributed by atoms with Gasteiger partial charge in [-0.3, -0.25) is 0 Å². The first-order valence-electron chi connectivity index (χ1n) is 6.65.